The molecule has 0 aliphatic carbocycles. The van der Waals surface area contributed by atoms with E-state index in [4.69, 9.17) is 18.9 Å². The molecule has 5 rings (SSSR count). The second-order valence-corrected chi connectivity index (χ2v) is 16.8. The predicted molar refractivity (Wildman–Crippen MR) is 235 cm³/mol. The van der Waals surface area contributed by atoms with Gasteiger partial charge in [0.2, 0.25) is 6.29 Å². The summed E-state index contributed by atoms with van der Waals surface area (Å²) in [5.41, 5.74) is 3.24. The first kappa shape index (κ1) is 47.5. The summed E-state index contributed by atoms with van der Waals surface area (Å²) >= 11 is 0. The molecular formula is C51H66O9. The van der Waals surface area contributed by atoms with Crippen molar-refractivity contribution in [2.45, 2.75) is 124 Å². The average molecular weight is 823 g/mol. The number of benzene rings is 4. The molecule has 4 aromatic carbocycles. The molecule has 4 aromatic rings. The molecule has 60 heavy (non-hydrogen) atoms. The Kier molecular flexibility index (Phi) is 18.7. The number of ether oxygens (including phenoxy) is 5. The summed E-state index contributed by atoms with van der Waals surface area (Å²) in [7, 11) is 1.35. The number of phenolic OH excluding ortho intramolecular Hbond substituents is 1. The minimum absolute atomic E-state index is 0.0911. The SMILES string of the molecule is CCC(C)(CC(C)(C)C(=O)OC1CCCCO1)C(=O)OCc1ccccc1.CCC(CC(CC(C)c1ccc(OCC(=O)OC)cc1)c1ccc(O)cc1)c1ccccc1. The van der Waals surface area contributed by atoms with Gasteiger partial charge in [-0.05, 0) is 130 Å². The van der Waals surface area contributed by atoms with E-state index >= 15 is 0 Å². The summed E-state index contributed by atoms with van der Waals surface area (Å²) in [6, 6.07) is 35.9. The molecule has 5 atom stereocenters. The van der Waals surface area contributed by atoms with Crippen LogP contribution in [-0.4, -0.2) is 49.6 Å². The van der Waals surface area contributed by atoms with Crippen molar-refractivity contribution in [3.8, 4) is 11.5 Å². The van der Waals surface area contributed by atoms with Gasteiger partial charge in [-0.15, -0.1) is 0 Å². The molecular weight excluding hydrogens is 757 g/mol. The third-order valence-corrected chi connectivity index (χ3v) is 11.6. The minimum Gasteiger partial charge on any atom is -0.508 e. The van der Waals surface area contributed by atoms with Gasteiger partial charge < -0.3 is 28.8 Å². The Hall–Kier alpha value is -5.15. The molecule has 9 nitrogen and oxygen atoms in total. The van der Waals surface area contributed by atoms with Gasteiger partial charge in [-0.25, -0.2) is 4.79 Å². The summed E-state index contributed by atoms with van der Waals surface area (Å²) in [6.45, 7) is 12.7. The van der Waals surface area contributed by atoms with Crippen molar-refractivity contribution in [3.05, 3.63) is 131 Å². The Morgan fingerprint density at radius 2 is 1.38 bits per heavy atom. The first-order valence-electron chi connectivity index (χ1n) is 21.4. The number of hydrogen-bond acceptors (Lipinski definition) is 9. The van der Waals surface area contributed by atoms with E-state index in [1.165, 1.54) is 23.8 Å². The first-order valence-corrected chi connectivity index (χ1v) is 21.4. The molecule has 1 aliphatic rings. The number of carbonyl (C=O) groups excluding carboxylic acids is 3. The van der Waals surface area contributed by atoms with Crippen LogP contribution in [0.1, 0.15) is 133 Å². The van der Waals surface area contributed by atoms with Crippen molar-refractivity contribution < 1.29 is 43.2 Å². The summed E-state index contributed by atoms with van der Waals surface area (Å²) in [5, 5.41) is 9.78. The lowest BCUT2D eigenvalue weighted by Crippen LogP contribution is -2.40. The standard InChI is InChI=1S/C29H34O4.C22H32O5/c1-4-22(24-8-6-5-7-9-24)19-26(25-10-14-27(30)15-11-25)18-21(2)23-12-16-28(17-13-23)33-20-29(31)32-3;1-5-22(4,20(24)26-15-17-11-7-6-8-12-17)16-21(2,3)19(23)27-18-13-9-10-14-25-18/h5-17,21-22,26,30H,4,18-20H2,1-3H3;6-8,11-12,18H,5,9-10,13-16H2,1-4H3. The Balaban J connectivity index is 0.000000270. The lowest BCUT2D eigenvalue weighted by molar-refractivity contribution is -0.198. The Morgan fingerprint density at radius 1 is 0.767 bits per heavy atom. The van der Waals surface area contributed by atoms with Gasteiger partial charge >= 0.3 is 17.9 Å². The first-order chi connectivity index (χ1) is 28.8. The molecule has 0 saturated carbocycles. The molecule has 1 saturated heterocycles. The lowest BCUT2D eigenvalue weighted by atomic mass is 9.72. The minimum atomic E-state index is -0.808. The molecule has 0 radical (unpaired) electrons. The van der Waals surface area contributed by atoms with Crippen LogP contribution < -0.4 is 4.74 Å². The van der Waals surface area contributed by atoms with E-state index in [9.17, 15) is 19.5 Å². The quantitative estimate of drug-likeness (QED) is 0.0728. The van der Waals surface area contributed by atoms with Crippen molar-refractivity contribution in [2.24, 2.45) is 10.8 Å². The Labute approximate surface area is 357 Å². The second kappa shape index (κ2) is 23.6. The van der Waals surface area contributed by atoms with Crippen LogP contribution in [-0.2, 0) is 39.9 Å². The number of phenols is 1. The molecule has 0 spiro atoms. The highest BCUT2D eigenvalue weighted by Crippen LogP contribution is 2.40. The molecule has 1 N–H and O–H groups in total. The maximum absolute atomic E-state index is 12.8. The average Bonchev–Trinajstić information content (AvgIpc) is 3.27. The van der Waals surface area contributed by atoms with E-state index in [0.29, 0.717) is 48.7 Å². The number of methoxy groups -OCH3 is 1. The molecule has 0 amide bonds. The van der Waals surface area contributed by atoms with Crippen molar-refractivity contribution in [3.63, 3.8) is 0 Å². The van der Waals surface area contributed by atoms with Gasteiger partial charge in [0.25, 0.3) is 0 Å². The van der Waals surface area contributed by atoms with Crippen LogP contribution in [0.25, 0.3) is 0 Å². The highest BCUT2D eigenvalue weighted by atomic mass is 16.7. The van der Waals surface area contributed by atoms with E-state index in [-0.39, 0.29) is 25.2 Å². The van der Waals surface area contributed by atoms with Gasteiger partial charge in [-0.2, -0.15) is 0 Å². The van der Waals surface area contributed by atoms with Gasteiger partial charge in [0.05, 0.1) is 24.5 Å². The monoisotopic (exact) mass is 822 g/mol. The maximum Gasteiger partial charge on any atom is 0.343 e. The van der Waals surface area contributed by atoms with Gasteiger partial charge in [-0.1, -0.05) is 106 Å². The highest BCUT2D eigenvalue weighted by molar-refractivity contribution is 5.80. The fourth-order valence-corrected chi connectivity index (χ4v) is 7.75. The lowest BCUT2D eigenvalue weighted by Gasteiger charge is -2.35. The van der Waals surface area contributed by atoms with Crippen LogP contribution in [0.2, 0.25) is 0 Å². The molecule has 1 heterocycles. The van der Waals surface area contributed by atoms with Crippen LogP contribution in [0, 0.1) is 10.8 Å². The van der Waals surface area contributed by atoms with Crippen LogP contribution in [0.4, 0.5) is 0 Å². The van der Waals surface area contributed by atoms with E-state index in [1.807, 2.05) is 82.3 Å². The predicted octanol–water partition coefficient (Wildman–Crippen LogP) is 11.4. The number of carbonyl (C=O) groups is 3. The molecule has 0 bridgehead atoms. The van der Waals surface area contributed by atoms with Crippen molar-refractivity contribution in [1.29, 1.82) is 0 Å². The van der Waals surface area contributed by atoms with Gasteiger partial charge in [0.1, 0.15) is 18.1 Å². The van der Waals surface area contributed by atoms with Crippen molar-refractivity contribution in [2.75, 3.05) is 20.3 Å². The summed E-state index contributed by atoms with van der Waals surface area (Å²) in [4.78, 5) is 36.7. The summed E-state index contributed by atoms with van der Waals surface area (Å²) < 4.78 is 26.7. The van der Waals surface area contributed by atoms with Crippen molar-refractivity contribution >= 4 is 17.9 Å². The maximum atomic E-state index is 12.8. The smallest absolute Gasteiger partial charge is 0.343 e. The number of aromatic hydroxyl groups is 1. The number of esters is 3. The van der Waals surface area contributed by atoms with E-state index < -0.39 is 23.1 Å². The van der Waals surface area contributed by atoms with Crippen LogP contribution in [0.5, 0.6) is 11.5 Å². The Morgan fingerprint density at radius 3 is 1.97 bits per heavy atom. The zero-order valence-corrected chi connectivity index (χ0v) is 36.7. The topological polar surface area (TPSA) is 118 Å². The number of hydrogen-bond donors (Lipinski definition) is 1. The zero-order chi connectivity index (χ0) is 43.5. The third kappa shape index (κ3) is 14.8. The van der Waals surface area contributed by atoms with E-state index in [1.54, 1.807) is 12.1 Å². The fourth-order valence-electron chi connectivity index (χ4n) is 7.75. The van der Waals surface area contributed by atoms with Gasteiger partial charge in [0.15, 0.2) is 6.61 Å². The van der Waals surface area contributed by atoms with Crippen LogP contribution in [0.3, 0.4) is 0 Å². The highest BCUT2D eigenvalue weighted by Gasteiger charge is 2.43. The summed E-state index contributed by atoms with van der Waals surface area (Å²) in [6.07, 6.45) is 6.32. The molecule has 1 fully saturated rings. The third-order valence-electron chi connectivity index (χ3n) is 11.6. The largest absolute Gasteiger partial charge is 0.508 e. The van der Waals surface area contributed by atoms with E-state index in [0.717, 1.165) is 44.1 Å². The molecule has 1 aliphatic heterocycles. The summed E-state index contributed by atoms with van der Waals surface area (Å²) in [5.74, 6) is 1.12. The number of rotatable bonds is 19. The Bertz CT molecular complexity index is 1870. The second-order valence-electron chi connectivity index (χ2n) is 16.8. The van der Waals surface area contributed by atoms with Crippen LogP contribution >= 0.6 is 0 Å². The molecule has 324 valence electrons. The normalized spacial score (nSPS) is 16.4. The van der Waals surface area contributed by atoms with E-state index in [2.05, 4.69) is 61.0 Å². The van der Waals surface area contributed by atoms with Gasteiger partial charge in [0, 0.05) is 6.42 Å². The van der Waals surface area contributed by atoms with Crippen molar-refractivity contribution in [1.82, 2.24) is 0 Å². The molecule has 9 heteroatoms. The van der Waals surface area contributed by atoms with Crippen LogP contribution in [0.15, 0.2) is 109 Å². The fraction of sp³-hybridized carbons (Fsp3) is 0.471. The molecule has 0 aromatic heterocycles. The zero-order valence-electron chi connectivity index (χ0n) is 36.7. The van der Waals surface area contributed by atoms with Gasteiger partial charge in [-0.3, -0.25) is 9.59 Å². The molecule has 5 unspecified atom stereocenters.